The van der Waals surface area contributed by atoms with E-state index in [1.54, 1.807) is 0 Å². The van der Waals surface area contributed by atoms with Gasteiger partial charge in [-0.2, -0.15) is 0 Å². The fourth-order valence-electron chi connectivity index (χ4n) is 17.4. The molecule has 0 aromatic rings. The highest BCUT2D eigenvalue weighted by molar-refractivity contribution is 5.89. The second-order valence-corrected chi connectivity index (χ2v) is 26.1. The maximum atomic E-state index is 14.7. The predicted octanol–water partition coefficient (Wildman–Crippen LogP) is -1.41. The number of carbonyl (C=O) groups is 2. The first kappa shape index (κ1) is 57.6. The first-order valence-electron chi connectivity index (χ1n) is 27.5. The molecule has 0 aromatic carbocycles. The Kier molecular flexibility index (Phi) is 15.2. The van der Waals surface area contributed by atoms with E-state index in [0.717, 1.165) is 25.7 Å². The standard InChI is InChI=1S/C53H84O23/c1-22-31(57)35(61)38(64)42(70-22)76-41-37(63)33(59)24(19-55)72-45(41)73-25-20-68-44(40(34(25)60)75-43-39(65)36(62)32(58)23(18-54)71-43)74-30-10-11-49(5)26(47(30,2)3)8-12-50(6)27(49)9-13-53-28-16-48(4,46(66)67)14-15-52(28,21-69-53)29(56)17-51(50,53)7/h22-28,30-45,54-55,57-65H,8-21H2,1-7H3,(H,66,67)/t22-,23+,24+,25-,26-,27+,28+,30-,31-,32+,33+,34-,35+,36-,37-,38+,39+,40+,41+,42-,43-,44-,45-,48-,49-,50+,51-,52+,53-/m0/s1. The summed E-state index contributed by atoms with van der Waals surface area (Å²) in [4.78, 5) is 27.4. The molecule has 5 aliphatic heterocycles. The third-order valence-corrected chi connectivity index (χ3v) is 22.2. The minimum Gasteiger partial charge on any atom is -0.481 e. The van der Waals surface area contributed by atoms with Crippen molar-refractivity contribution < 1.29 is 113 Å². The number of carboxylic acids is 1. The van der Waals surface area contributed by atoms with Crippen LogP contribution in [0.25, 0.3) is 0 Å². The Balaban J connectivity index is 0.904. The molecule has 5 saturated carbocycles. The van der Waals surface area contributed by atoms with Gasteiger partial charge in [0.1, 0.15) is 91.2 Å². The largest absolute Gasteiger partial charge is 0.481 e. The molecule has 5 aliphatic carbocycles. The number of ketones is 1. The molecule has 76 heavy (non-hydrogen) atoms. The van der Waals surface area contributed by atoms with Gasteiger partial charge in [-0.05, 0) is 99.7 Å². The number of hydrogen-bond donors (Lipinski definition) is 12. The lowest BCUT2D eigenvalue weighted by molar-refractivity contribution is -0.394. The van der Waals surface area contributed by atoms with Crippen LogP contribution in [0.3, 0.4) is 0 Å². The molecule has 1 spiro atoms. The van der Waals surface area contributed by atoms with E-state index in [2.05, 4.69) is 34.6 Å². The fraction of sp³-hybridized carbons (Fsp3) is 0.962. The number of rotatable bonds is 11. The van der Waals surface area contributed by atoms with Crippen molar-refractivity contribution in [1.29, 1.82) is 0 Å². The number of aliphatic hydroxyl groups excluding tert-OH is 11. The van der Waals surface area contributed by atoms with Gasteiger partial charge in [-0.25, -0.2) is 0 Å². The molecule has 5 saturated heterocycles. The highest BCUT2D eigenvalue weighted by Crippen LogP contribution is 2.80. The van der Waals surface area contributed by atoms with Crippen molar-refractivity contribution in [2.45, 2.75) is 241 Å². The lowest BCUT2D eigenvalue weighted by Crippen LogP contribution is -2.73. The van der Waals surface area contributed by atoms with Crippen LogP contribution in [-0.2, 0) is 52.2 Å². The highest BCUT2D eigenvalue weighted by Gasteiger charge is 2.81. The van der Waals surface area contributed by atoms with Gasteiger partial charge in [0.05, 0.1) is 55.1 Å². The Morgan fingerprint density at radius 2 is 1.20 bits per heavy atom. The highest BCUT2D eigenvalue weighted by atomic mass is 16.8. The van der Waals surface area contributed by atoms with Gasteiger partial charge in [0.15, 0.2) is 25.2 Å². The van der Waals surface area contributed by atoms with Crippen LogP contribution in [-0.4, -0.2) is 228 Å². The van der Waals surface area contributed by atoms with Crippen LogP contribution in [0, 0.1) is 50.2 Å². The maximum absolute atomic E-state index is 14.7. The second-order valence-electron chi connectivity index (χ2n) is 26.1. The van der Waals surface area contributed by atoms with Crippen LogP contribution >= 0.6 is 0 Å². The van der Waals surface area contributed by atoms with Gasteiger partial charge in [0, 0.05) is 17.8 Å². The summed E-state index contributed by atoms with van der Waals surface area (Å²) >= 11 is 0. The number of carboxylic acid groups (broad SMARTS) is 1. The third kappa shape index (κ3) is 8.40. The molecule has 434 valence electrons. The summed E-state index contributed by atoms with van der Waals surface area (Å²) in [5, 5.41) is 129. The van der Waals surface area contributed by atoms with E-state index in [4.69, 9.17) is 42.6 Å². The topological polar surface area (TPSA) is 360 Å². The minimum atomic E-state index is -1.91. The summed E-state index contributed by atoms with van der Waals surface area (Å²) in [5.41, 5.74) is -3.99. The number of aliphatic hydroxyl groups is 11. The van der Waals surface area contributed by atoms with Crippen LogP contribution in [0.2, 0.25) is 0 Å². The van der Waals surface area contributed by atoms with Crippen molar-refractivity contribution in [2.75, 3.05) is 26.4 Å². The van der Waals surface area contributed by atoms with Gasteiger partial charge in [-0.3, -0.25) is 9.59 Å². The van der Waals surface area contributed by atoms with E-state index in [1.165, 1.54) is 6.92 Å². The number of ether oxygens (including phenoxy) is 9. The summed E-state index contributed by atoms with van der Waals surface area (Å²) < 4.78 is 56.1. The Hall–Kier alpha value is -1.66. The summed E-state index contributed by atoms with van der Waals surface area (Å²) in [6, 6.07) is 0. The molecule has 29 atom stereocenters. The maximum Gasteiger partial charge on any atom is 0.309 e. The molecule has 10 aliphatic rings. The number of fused-ring (bicyclic) bond motifs is 4. The first-order chi connectivity index (χ1) is 35.6. The molecular formula is C53H84O23. The number of carbonyl (C=O) groups excluding carboxylic acids is 1. The predicted molar refractivity (Wildman–Crippen MR) is 256 cm³/mol. The van der Waals surface area contributed by atoms with Gasteiger partial charge in [-0.1, -0.05) is 34.6 Å². The quantitative estimate of drug-likeness (QED) is 0.106. The van der Waals surface area contributed by atoms with E-state index in [-0.39, 0.29) is 34.4 Å². The zero-order chi connectivity index (χ0) is 55.2. The van der Waals surface area contributed by atoms with Crippen molar-refractivity contribution in [1.82, 2.24) is 0 Å². The Morgan fingerprint density at radius 3 is 1.84 bits per heavy atom. The minimum absolute atomic E-state index is 0.0670. The molecule has 0 radical (unpaired) electrons. The van der Waals surface area contributed by atoms with E-state index >= 15 is 0 Å². The molecule has 23 nitrogen and oxygen atoms in total. The van der Waals surface area contributed by atoms with Gasteiger partial charge < -0.3 is 104 Å². The molecule has 0 amide bonds. The van der Waals surface area contributed by atoms with Crippen LogP contribution in [0.5, 0.6) is 0 Å². The summed E-state index contributed by atoms with van der Waals surface area (Å²) in [5.74, 6) is -0.598. The van der Waals surface area contributed by atoms with Crippen LogP contribution < -0.4 is 0 Å². The molecule has 23 heteroatoms. The average Bonchev–Trinajstić information content (AvgIpc) is 3.87. The second kappa shape index (κ2) is 20.1. The van der Waals surface area contributed by atoms with Gasteiger partial charge >= 0.3 is 5.97 Å². The van der Waals surface area contributed by atoms with Crippen LogP contribution in [0.4, 0.5) is 0 Å². The molecule has 5 heterocycles. The Labute approximate surface area is 442 Å². The molecule has 0 unspecified atom stereocenters. The van der Waals surface area contributed by atoms with E-state index in [0.29, 0.717) is 45.1 Å². The molecular weight excluding hydrogens is 1000 g/mol. The summed E-state index contributed by atoms with van der Waals surface area (Å²) in [6.45, 7) is 12.8. The number of Topliss-reactive ketones (excluding diaryl/α,β-unsaturated/α-hetero) is 1. The molecule has 10 fully saturated rings. The molecule has 10 rings (SSSR count). The SMILES string of the molecule is C[C@@H]1O[C@@H](O[C@H]2[C@H](O[C@H]3CO[C@@H](O[C@H]4CC[C@]5(C)[C@H]6CC[C@]78OC[C@@]9(CC[C@](C)(C(=O)O)C[C@H]97)C(=O)C[C@@]8(C)[C@]6(C)CC[C@H]5C4(C)C)[C@H](O[C@@H]4O[C@H](CO)[C@@H](O)[C@H](O)[C@H]4O)[C@H]3O)O[C@H](CO)[C@@H](O)[C@@H]2O)[C@H](O)[C@H](O)[C@H]1O. The lowest BCUT2D eigenvalue weighted by Gasteiger charge is -2.74. The average molecular weight is 1090 g/mol. The van der Waals surface area contributed by atoms with Crippen molar-refractivity contribution in [2.24, 2.45) is 50.2 Å². The van der Waals surface area contributed by atoms with Gasteiger partial charge in [-0.15, -0.1) is 0 Å². The normalized spacial score (nSPS) is 56.9. The van der Waals surface area contributed by atoms with E-state index in [1.807, 2.05) is 6.92 Å². The molecule has 2 bridgehead atoms. The van der Waals surface area contributed by atoms with Gasteiger partial charge in [0.25, 0.3) is 0 Å². The van der Waals surface area contributed by atoms with Crippen molar-refractivity contribution >= 4 is 11.8 Å². The number of hydrogen-bond acceptors (Lipinski definition) is 22. The van der Waals surface area contributed by atoms with Crippen molar-refractivity contribution in [3.05, 3.63) is 0 Å². The monoisotopic (exact) mass is 1090 g/mol. The summed E-state index contributed by atoms with van der Waals surface area (Å²) in [6.07, 6.45) is -25.9. The molecule has 12 N–H and O–H groups in total. The first-order valence-corrected chi connectivity index (χ1v) is 27.5. The number of aliphatic carboxylic acids is 1. The van der Waals surface area contributed by atoms with Crippen LogP contribution in [0.1, 0.15) is 113 Å². The van der Waals surface area contributed by atoms with E-state index < -0.39 is 176 Å². The zero-order valence-corrected chi connectivity index (χ0v) is 44.5. The van der Waals surface area contributed by atoms with Crippen molar-refractivity contribution in [3.8, 4) is 0 Å². The van der Waals surface area contributed by atoms with E-state index in [9.17, 15) is 70.9 Å². The Morgan fingerprint density at radius 1 is 0.605 bits per heavy atom. The van der Waals surface area contributed by atoms with Gasteiger partial charge in [0.2, 0.25) is 0 Å². The third-order valence-electron chi connectivity index (χ3n) is 22.2. The summed E-state index contributed by atoms with van der Waals surface area (Å²) in [7, 11) is 0. The smallest absolute Gasteiger partial charge is 0.309 e. The van der Waals surface area contributed by atoms with Crippen molar-refractivity contribution in [3.63, 3.8) is 0 Å². The van der Waals surface area contributed by atoms with Crippen LogP contribution in [0.15, 0.2) is 0 Å². The lowest BCUT2D eigenvalue weighted by atomic mass is 9.30. The fourth-order valence-corrected chi connectivity index (χ4v) is 17.4. The Bertz CT molecular complexity index is 2150. The zero-order valence-electron chi connectivity index (χ0n) is 44.5. The molecule has 0 aromatic heterocycles.